The zero-order valence-corrected chi connectivity index (χ0v) is 11.1. The van der Waals surface area contributed by atoms with E-state index in [1.807, 2.05) is 11.8 Å². The first-order chi connectivity index (χ1) is 6.72. The molecule has 0 rings (SSSR count). The number of unbranched alkanes of at least 4 members (excludes halogenated alkanes) is 1. The van der Waals surface area contributed by atoms with Crippen molar-refractivity contribution in [3.05, 3.63) is 0 Å². The van der Waals surface area contributed by atoms with Crippen LogP contribution in [0.25, 0.3) is 0 Å². The molecule has 1 N–H and O–H groups in total. The maximum absolute atomic E-state index is 3.64. The topological polar surface area (TPSA) is 12.0 Å². The summed E-state index contributed by atoms with van der Waals surface area (Å²) in [6, 6.07) is 0.733. The van der Waals surface area contributed by atoms with E-state index >= 15 is 0 Å². The van der Waals surface area contributed by atoms with Gasteiger partial charge in [-0.05, 0) is 43.7 Å². The predicted molar refractivity (Wildman–Crippen MR) is 69.2 cm³/mol. The van der Waals surface area contributed by atoms with E-state index < -0.39 is 0 Å². The average molecular weight is 217 g/mol. The van der Waals surface area contributed by atoms with E-state index in [0.29, 0.717) is 0 Å². The molecule has 1 atom stereocenters. The normalized spacial score (nSPS) is 13.5. The molecule has 0 heterocycles. The molecule has 2 heteroatoms. The van der Waals surface area contributed by atoms with Crippen LogP contribution in [-0.4, -0.2) is 24.6 Å². The van der Waals surface area contributed by atoms with Gasteiger partial charge in [-0.25, -0.2) is 0 Å². The quantitative estimate of drug-likeness (QED) is 0.593. The van der Waals surface area contributed by atoms with E-state index in [4.69, 9.17) is 0 Å². The molecule has 0 aliphatic rings. The van der Waals surface area contributed by atoms with E-state index in [2.05, 4.69) is 32.3 Å². The molecule has 0 saturated carbocycles. The second kappa shape index (κ2) is 9.85. The molecule has 0 aromatic rings. The maximum Gasteiger partial charge on any atom is 0.00900 e. The number of hydrogen-bond acceptors (Lipinski definition) is 2. The molecule has 0 aromatic heterocycles. The summed E-state index contributed by atoms with van der Waals surface area (Å²) in [5.41, 5.74) is 0. The molecule has 0 fully saturated rings. The van der Waals surface area contributed by atoms with Gasteiger partial charge in [-0.15, -0.1) is 0 Å². The number of nitrogens with one attached hydrogen (secondary N) is 1. The lowest BCUT2D eigenvalue weighted by Crippen LogP contribution is -2.34. The lowest BCUT2D eigenvalue weighted by Gasteiger charge is -2.22. The Labute approximate surface area is 94.4 Å². The molecule has 0 spiro atoms. The molecule has 0 amide bonds. The summed E-state index contributed by atoms with van der Waals surface area (Å²) in [5.74, 6) is 2.09. The van der Waals surface area contributed by atoms with Gasteiger partial charge in [0.05, 0.1) is 0 Å². The highest BCUT2D eigenvalue weighted by Crippen LogP contribution is 2.11. The van der Waals surface area contributed by atoms with Gasteiger partial charge < -0.3 is 5.32 Å². The highest BCUT2D eigenvalue weighted by Gasteiger charge is 2.10. The summed E-state index contributed by atoms with van der Waals surface area (Å²) >= 11 is 1.96. The summed E-state index contributed by atoms with van der Waals surface area (Å²) in [5, 5.41) is 3.64. The number of thioether (sulfide) groups is 1. The van der Waals surface area contributed by atoms with Gasteiger partial charge in [-0.1, -0.05) is 27.2 Å². The summed E-state index contributed by atoms with van der Waals surface area (Å²) in [6.45, 7) is 8.05. The molecule has 0 aliphatic carbocycles. The molecule has 86 valence electrons. The minimum absolute atomic E-state index is 0.733. The molecule has 14 heavy (non-hydrogen) atoms. The maximum atomic E-state index is 3.64. The summed E-state index contributed by atoms with van der Waals surface area (Å²) < 4.78 is 0. The van der Waals surface area contributed by atoms with Crippen LogP contribution in [0.5, 0.6) is 0 Å². The average Bonchev–Trinajstić information content (AvgIpc) is 2.16. The Bertz CT molecular complexity index is 115. The van der Waals surface area contributed by atoms with Crippen LogP contribution in [0.3, 0.4) is 0 Å². The fraction of sp³-hybridized carbons (Fsp3) is 1.00. The number of rotatable bonds is 9. The van der Waals surface area contributed by atoms with Crippen molar-refractivity contribution in [3.8, 4) is 0 Å². The van der Waals surface area contributed by atoms with Crippen molar-refractivity contribution in [1.29, 1.82) is 0 Å². The lowest BCUT2D eigenvalue weighted by molar-refractivity contribution is 0.369. The Hall–Kier alpha value is 0.310. The van der Waals surface area contributed by atoms with Gasteiger partial charge in [-0.3, -0.25) is 0 Å². The SMILES string of the molecule is CCCNC(CCCCSC)C(C)C. The first-order valence-electron chi connectivity index (χ1n) is 5.94. The van der Waals surface area contributed by atoms with Crippen molar-refractivity contribution in [2.75, 3.05) is 18.6 Å². The largest absolute Gasteiger partial charge is 0.314 e. The van der Waals surface area contributed by atoms with Gasteiger partial charge in [0.1, 0.15) is 0 Å². The minimum Gasteiger partial charge on any atom is -0.314 e. The van der Waals surface area contributed by atoms with Crippen molar-refractivity contribution in [2.45, 2.75) is 52.5 Å². The lowest BCUT2D eigenvalue weighted by atomic mass is 9.98. The molecule has 0 aliphatic heterocycles. The predicted octanol–water partition coefficient (Wildman–Crippen LogP) is 3.54. The molecule has 1 unspecified atom stereocenters. The molecular formula is C12H27NS. The van der Waals surface area contributed by atoms with E-state index in [1.54, 1.807) is 0 Å². The summed E-state index contributed by atoms with van der Waals surface area (Å²) in [4.78, 5) is 0. The Morgan fingerprint density at radius 3 is 2.43 bits per heavy atom. The Morgan fingerprint density at radius 1 is 1.21 bits per heavy atom. The van der Waals surface area contributed by atoms with Crippen LogP contribution in [0.1, 0.15) is 46.5 Å². The van der Waals surface area contributed by atoms with Crippen molar-refractivity contribution in [3.63, 3.8) is 0 Å². The van der Waals surface area contributed by atoms with Gasteiger partial charge in [0, 0.05) is 6.04 Å². The number of hydrogen-bond donors (Lipinski definition) is 1. The third-order valence-corrected chi connectivity index (χ3v) is 3.27. The molecule has 1 nitrogen and oxygen atoms in total. The van der Waals surface area contributed by atoms with Crippen LogP contribution < -0.4 is 5.32 Å². The third-order valence-electron chi connectivity index (χ3n) is 2.57. The van der Waals surface area contributed by atoms with E-state index in [9.17, 15) is 0 Å². The monoisotopic (exact) mass is 217 g/mol. The molecule has 0 aromatic carbocycles. The fourth-order valence-electron chi connectivity index (χ4n) is 1.61. The highest BCUT2D eigenvalue weighted by molar-refractivity contribution is 7.98. The summed E-state index contributed by atoms with van der Waals surface area (Å²) in [6.07, 6.45) is 7.53. The molecule has 0 radical (unpaired) electrons. The Kier molecular flexibility index (Phi) is 10.1. The minimum atomic E-state index is 0.733. The van der Waals surface area contributed by atoms with Crippen LogP contribution in [0, 0.1) is 5.92 Å². The smallest absolute Gasteiger partial charge is 0.00900 e. The van der Waals surface area contributed by atoms with E-state index in [1.165, 1.54) is 38.0 Å². The van der Waals surface area contributed by atoms with Gasteiger partial charge >= 0.3 is 0 Å². The van der Waals surface area contributed by atoms with E-state index in [-0.39, 0.29) is 0 Å². The van der Waals surface area contributed by atoms with Gasteiger partial charge in [0.15, 0.2) is 0 Å². The second-order valence-corrected chi connectivity index (χ2v) is 5.28. The van der Waals surface area contributed by atoms with Gasteiger partial charge in [0.25, 0.3) is 0 Å². The van der Waals surface area contributed by atoms with Crippen LogP contribution in [0.4, 0.5) is 0 Å². The van der Waals surface area contributed by atoms with Crippen molar-refractivity contribution in [1.82, 2.24) is 5.32 Å². The third kappa shape index (κ3) is 7.69. The zero-order valence-electron chi connectivity index (χ0n) is 10.3. The van der Waals surface area contributed by atoms with Crippen LogP contribution in [0.2, 0.25) is 0 Å². The fourth-order valence-corrected chi connectivity index (χ4v) is 2.10. The van der Waals surface area contributed by atoms with Crippen LogP contribution >= 0.6 is 11.8 Å². The highest BCUT2D eigenvalue weighted by atomic mass is 32.2. The molecule has 0 bridgehead atoms. The first-order valence-corrected chi connectivity index (χ1v) is 7.34. The van der Waals surface area contributed by atoms with E-state index in [0.717, 1.165) is 12.0 Å². The van der Waals surface area contributed by atoms with Gasteiger partial charge in [0.2, 0.25) is 0 Å². The Balaban J connectivity index is 3.52. The Morgan fingerprint density at radius 2 is 1.93 bits per heavy atom. The van der Waals surface area contributed by atoms with Crippen molar-refractivity contribution < 1.29 is 0 Å². The zero-order chi connectivity index (χ0) is 10.8. The second-order valence-electron chi connectivity index (χ2n) is 4.29. The summed E-state index contributed by atoms with van der Waals surface area (Å²) in [7, 11) is 0. The van der Waals surface area contributed by atoms with Crippen molar-refractivity contribution >= 4 is 11.8 Å². The van der Waals surface area contributed by atoms with Crippen LogP contribution in [0.15, 0.2) is 0 Å². The standard InChI is InChI=1S/C12H27NS/c1-5-9-13-12(11(2)3)8-6-7-10-14-4/h11-13H,5-10H2,1-4H3. The van der Waals surface area contributed by atoms with Gasteiger partial charge in [-0.2, -0.15) is 11.8 Å². The first kappa shape index (κ1) is 14.3. The van der Waals surface area contributed by atoms with Crippen LogP contribution in [-0.2, 0) is 0 Å². The molecule has 0 saturated heterocycles. The molecular weight excluding hydrogens is 190 g/mol. The van der Waals surface area contributed by atoms with Crippen molar-refractivity contribution in [2.24, 2.45) is 5.92 Å².